The average molecular weight is 378 g/mol. The number of nitrogens with one attached hydrogen (secondary N) is 2. The number of nitrogens with zero attached hydrogens (tertiary/aromatic N) is 2. The number of carbonyl (C=O) groups is 1. The van der Waals surface area contributed by atoms with Crippen LogP contribution in [0.1, 0.15) is 12.0 Å². The summed E-state index contributed by atoms with van der Waals surface area (Å²) in [7, 11) is 3.19. The van der Waals surface area contributed by atoms with Crippen LogP contribution < -0.4 is 20.1 Å². The van der Waals surface area contributed by atoms with E-state index in [1.165, 1.54) is 0 Å². The number of aromatic nitrogens is 2. The van der Waals surface area contributed by atoms with E-state index in [0.717, 1.165) is 5.56 Å². The lowest BCUT2D eigenvalue weighted by atomic mass is 10.1. The van der Waals surface area contributed by atoms with Gasteiger partial charge in [0.25, 0.3) is 0 Å². The van der Waals surface area contributed by atoms with Crippen molar-refractivity contribution in [3.63, 3.8) is 0 Å². The number of carbonyl (C=O) groups excluding carboxylic acids is 1. The number of aryl methyl sites for hydroxylation is 1. The van der Waals surface area contributed by atoms with Crippen LogP contribution in [0.15, 0.2) is 60.7 Å². The number of benzene rings is 2. The summed E-state index contributed by atoms with van der Waals surface area (Å²) in [5.74, 6) is 2.17. The molecule has 1 heterocycles. The molecule has 2 N–H and O–H groups in total. The highest BCUT2D eigenvalue weighted by atomic mass is 16.5. The van der Waals surface area contributed by atoms with Crippen LogP contribution in [0.3, 0.4) is 0 Å². The standard InChI is InChI=1S/C21H22N4O3/c1-27-16-9-10-18(28-2)17(14-16)22-19-11-12-20(25-24-19)23-21(26)13-8-15-6-4-3-5-7-15/h3-7,9-12,14H,8,13H2,1-2H3,(H,22,24)(H,23,25,26). The highest BCUT2D eigenvalue weighted by molar-refractivity contribution is 5.89. The molecule has 0 spiro atoms. The molecule has 144 valence electrons. The third kappa shape index (κ3) is 5.20. The first-order valence-electron chi connectivity index (χ1n) is 8.84. The highest BCUT2D eigenvalue weighted by Crippen LogP contribution is 2.30. The Bertz CT molecular complexity index is 915. The molecule has 0 fully saturated rings. The van der Waals surface area contributed by atoms with Gasteiger partial charge in [0, 0.05) is 12.5 Å². The Labute approximate surface area is 163 Å². The molecule has 7 nitrogen and oxygen atoms in total. The van der Waals surface area contributed by atoms with Crippen molar-refractivity contribution >= 4 is 23.2 Å². The second-order valence-corrected chi connectivity index (χ2v) is 6.03. The molecule has 0 bridgehead atoms. The quantitative estimate of drug-likeness (QED) is 0.620. The van der Waals surface area contributed by atoms with Crippen molar-refractivity contribution in [3.05, 3.63) is 66.2 Å². The van der Waals surface area contributed by atoms with Crippen molar-refractivity contribution in [2.45, 2.75) is 12.8 Å². The molecule has 1 aromatic heterocycles. The third-order valence-electron chi connectivity index (χ3n) is 4.08. The summed E-state index contributed by atoms with van der Waals surface area (Å²) in [6.07, 6.45) is 1.06. The molecular weight excluding hydrogens is 356 g/mol. The fourth-order valence-electron chi connectivity index (χ4n) is 2.62. The fourth-order valence-corrected chi connectivity index (χ4v) is 2.62. The summed E-state index contributed by atoms with van der Waals surface area (Å²) in [4.78, 5) is 12.1. The fraction of sp³-hybridized carbons (Fsp3) is 0.190. The van der Waals surface area contributed by atoms with E-state index in [2.05, 4.69) is 20.8 Å². The molecule has 0 aliphatic carbocycles. The topological polar surface area (TPSA) is 85.4 Å². The van der Waals surface area contributed by atoms with Gasteiger partial charge in [0.2, 0.25) is 5.91 Å². The van der Waals surface area contributed by atoms with Gasteiger partial charge < -0.3 is 20.1 Å². The van der Waals surface area contributed by atoms with Gasteiger partial charge in [-0.15, -0.1) is 10.2 Å². The second-order valence-electron chi connectivity index (χ2n) is 6.03. The largest absolute Gasteiger partial charge is 0.497 e. The Hall–Kier alpha value is -3.61. The lowest BCUT2D eigenvalue weighted by Crippen LogP contribution is -2.14. The third-order valence-corrected chi connectivity index (χ3v) is 4.08. The summed E-state index contributed by atoms with van der Waals surface area (Å²) in [5, 5.41) is 14.0. The van der Waals surface area contributed by atoms with E-state index in [0.29, 0.717) is 41.7 Å². The number of anilines is 3. The number of methoxy groups -OCH3 is 2. The maximum absolute atomic E-state index is 12.1. The Morgan fingerprint density at radius 3 is 2.36 bits per heavy atom. The van der Waals surface area contributed by atoms with Crippen LogP contribution in [-0.2, 0) is 11.2 Å². The first-order valence-corrected chi connectivity index (χ1v) is 8.84. The Kier molecular flexibility index (Phi) is 6.41. The summed E-state index contributed by atoms with van der Waals surface area (Å²) >= 11 is 0. The van der Waals surface area contributed by atoms with Crippen LogP contribution in [-0.4, -0.2) is 30.3 Å². The predicted octanol–water partition coefficient (Wildman–Crippen LogP) is 3.81. The summed E-state index contributed by atoms with van der Waals surface area (Å²) in [6, 6.07) is 18.7. The molecule has 3 aromatic rings. The molecule has 2 aromatic carbocycles. The Balaban J connectivity index is 1.58. The van der Waals surface area contributed by atoms with Gasteiger partial charge in [-0.2, -0.15) is 0 Å². The molecule has 0 atom stereocenters. The molecule has 0 saturated heterocycles. The van der Waals surface area contributed by atoms with E-state index in [9.17, 15) is 4.79 Å². The molecule has 1 amide bonds. The second kappa shape index (κ2) is 9.36. The zero-order valence-electron chi connectivity index (χ0n) is 15.8. The Morgan fingerprint density at radius 1 is 0.929 bits per heavy atom. The minimum Gasteiger partial charge on any atom is -0.497 e. The summed E-state index contributed by atoms with van der Waals surface area (Å²) in [6.45, 7) is 0. The van der Waals surface area contributed by atoms with Crippen LogP contribution in [0.25, 0.3) is 0 Å². The monoisotopic (exact) mass is 378 g/mol. The molecular formula is C21H22N4O3. The van der Waals surface area contributed by atoms with E-state index in [4.69, 9.17) is 9.47 Å². The van der Waals surface area contributed by atoms with Gasteiger partial charge in [-0.05, 0) is 36.2 Å². The zero-order valence-corrected chi connectivity index (χ0v) is 15.8. The predicted molar refractivity (Wildman–Crippen MR) is 108 cm³/mol. The van der Waals surface area contributed by atoms with Crippen molar-refractivity contribution in [1.82, 2.24) is 10.2 Å². The number of ether oxygens (including phenoxy) is 2. The zero-order chi connectivity index (χ0) is 19.8. The van der Waals surface area contributed by atoms with E-state index in [1.807, 2.05) is 36.4 Å². The van der Waals surface area contributed by atoms with Gasteiger partial charge in [-0.25, -0.2) is 0 Å². The van der Waals surface area contributed by atoms with E-state index in [1.54, 1.807) is 38.5 Å². The summed E-state index contributed by atoms with van der Waals surface area (Å²) < 4.78 is 10.6. The van der Waals surface area contributed by atoms with Crippen molar-refractivity contribution in [1.29, 1.82) is 0 Å². The first kappa shape index (κ1) is 19.2. The van der Waals surface area contributed by atoms with Crippen LogP contribution >= 0.6 is 0 Å². The molecule has 0 saturated carbocycles. The smallest absolute Gasteiger partial charge is 0.225 e. The van der Waals surface area contributed by atoms with Crippen molar-refractivity contribution in [3.8, 4) is 11.5 Å². The number of hydrogen-bond acceptors (Lipinski definition) is 6. The molecule has 7 heteroatoms. The van der Waals surface area contributed by atoms with Crippen molar-refractivity contribution in [2.75, 3.05) is 24.9 Å². The maximum Gasteiger partial charge on any atom is 0.225 e. The molecule has 28 heavy (non-hydrogen) atoms. The van der Waals surface area contributed by atoms with E-state index < -0.39 is 0 Å². The molecule has 0 aliphatic rings. The number of amides is 1. The molecule has 3 rings (SSSR count). The van der Waals surface area contributed by atoms with E-state index >= 15 is 0 Å². The molecule has 0 radical (unpaired) electrons. The van der Waals surface area contributed by atoms with Crippen LogP contribution in [0.5, 0.6) is 11.5 Å². The van der Waals surface area contributed by atoms with Gasteiger partial charge in [-0.1, -0.05) is 30.3 Å². The highest BCUT2D eigenvalue weighted by Gasteiger charge is 2.08. The van der Waals surface area contributed by atoms with Crippen molar-refractivity contribution in [2.24, 2.45) is 0 Å². The summed E-state index contributed by atoms with van der Waals surface area (Å²) in [5.41, 5.74) is 1.83. The lowest BCUT2D eigenvalue weighted by Gasteiger charge is -2.12. The average Bonchev–Trinajstić information content (AvgIpc) is 2.74. The van der Waals surface area contributed by atoms with Crippen molar-refractivity contribution < 1.29 is 14.3 Å². The van der Waals surface area contributed by atoms with Gasteiger partial charge in [0.05, 0.1) is 19.9 Å². The van der Waals surface area contributed by atoms with Crippen LogP contribution in [0, 0.1) is 0 Å². The Morgan fingerprint density at radius 2 is 1.68 bits per heavy atom. The maximum atomic E-state index is 12.1. The normalized spacial score (nSPS) is 10.2. The van der Waals surface area contributed by atoms with Gasteiger partial charge in [-0.3, -0.25) is 4.79 Å². The van der Waals surface area contributed by atoms with E-state index in [-0.39, 0.29) is 5.91 Å². The number of rotatable bonds is 8. The van der Waals surface area contributed by atoms with Gasteiger partial charge in [0.15, 0.2) is 11.6 Å². The minimum atomic E-state index is -0.103. The molecule has 0 unspecified atom stereocenters. The SMILES string of the molecule is COc1ccc(OC)c(Nc2ccc(NC(=O)CCc3ccccc3)nn2)c1. The lowest BCUT2D eigenvalue weighted by molar-refractivity contribution is -0.116. The van der Waals surface area contributed by atoms with Crippen LogP contribution in [0.4, 0.5) is 17.3 Å². The molecule has 0 aliphatic heterocycles. The van der Waals surface area contributed by atoms with Gasteiger partial charge in [0.1, 0.15) is 11.5 Å². The van der Waals surface area contributed by atoms with Gasteiger partial charge >= 0.3 is 0 Å². The number of hydrogen-bond donors (Lipinski definition) is 2. The van der Waals surface area contributed by atoms with Crippen LogP contribution in [0.2, 0.25) is 0 Å². The first-order chi connectivity index (χ1) is 13.7. The minimum absolute atomic E-state index is 0.103.